The van der Waals surface area contributed by atoms with Gasteiger partial charge >= 0.3 is 0 Å². The van der Waals surface area contributed by atoms with Crippen molar-refractivity contribution in [1.29, 1.82) is 0 Å². The molecule has 1 aliphatic carbocycles. The maximum Gasteiger partial charge on any atom is 0.194 e. The second-order valence-corrected chi connectivity index (χ2v) is 9.43. The second-order valence-electron chi connectivity index (χ2n) is 9.43. The van der Waals surface area contributed by atoms with Crippen molar-refractivity contribution in [3.63, 3.8) is 0 Å². The summed E-state index contributed by atoms with van der Waals surface area (Å²) in [7, 11) is 0. The molecule has 184 valence electrons. The summed E-state index contributed by atoms with van der Waals surface area (Å²) in [5, 5.41) is 24.5. The third-order valence-electron chi connectivity index (χ3n) is 6.93. The fourth-order valence-corrected chi connectivity index (χ4v) is 4.81. The molecule has 1 atom stereocenters. The van der Waals surface area contributed by atoms with Crippen molar-refractivity contribution >= 4 is 17.3 Å². The highest BCUT2D eigenvalue weighted by molar-refractivity contribution is 6.31. The normalized spacial score (nSPS) is 20.4. The van der Waals surface area contributed by atoms with Gasteiger partial charge in [0.15, 0.2) is 17.3 Å². The highest BCUT2D eigenvalue weighted by Gasteiger charge is 2.56. The third-order valence-corrected chi connectivity index (χ3v) is 6.93. The minimum absolute atomic E-state index is 0.0140. The minimum Gasteiger partial charge on any atom is -0.507 e. The summed E-state index contributed by atoms with van der Waals surface area (Å²) in [6.07, 6.45) is 9.37. The number of ketones is 3. The molecule has 0 saturated carbocycles. The van der Waals surface area contributed by atoms with E-state index in [1.807, 2.05) is 0 Å². The average Bonchev–Trinajstić information content (AvgIpc) is 3.07. The summed E-state index contributed by atoms with van der Waals surface area (Å²) < 4.78 is 5.78. The number of hydrogen-bond acceptors (Lipinski definition) is 7. The lowest BCUT2D eigenvalue weighted by Crippen LogP contribution is -2.41. The van der Waals surface area contributed by atoms with Crippen molar-refractivity contribution in [3.8, 4) is 17.2 Å². The van der Waals surface area contributed by atoms with Crippen LogP contribution in [0, 0.1) is 6.92 Å². The number of carbonyl (C=O) groups excluding carboxylic acids is 3. The fraction of sp³-hybridized carbons (Fsp3) is 0.519. The van der Waals surface area contributed by atoms with Crippen LogP contribution in [0.25, 0.3) is 0 Å². The fourth-order valence-electron chi connectivity index (χ4n) is 4.81. The van der Waals surface area contributed by atoms with Crippen LogP contribution >= 0.6 is 0 Å². The molecule has 2 aliphatic rings. The Bertz CT molecular complexity index is 1100. The molecular weight excluding hydrogens is 434 g/mol. The molecule has 0 unspecified atom stereocenters. The van der Waals surface area contributed by atoms with E-state index in [2.05, 4.69) is 12.2 Å². The standard InChI is InChI=1S/C27H35NO6/c1-6-7-8-9-10-11-12-13-28-16(3)20-18(30)14-19-27(5,26(20)33)22-24(32)15(2)23(31)21(17(4)29)25(22)34-19/h14,28,31-32H,6-13H2,1-5H3/b20-16+/t27-/m0/s1. The quantitative estimate of drug-likeness (QED) is 0.193. The molecule has 1 aromatic carbocycles. The van der Waals surface area contributed by atoms with Gasteiger partial charge in [0.2, 0.25) is 0 Å². The number of phenols is 2. The summed E-state index contributed by atoms with van der Waals surface area (Å²) in [6.45, 7) is 8.85. The Morgan fingerprint density at radius 3 is 2.26 bits per heavy atom. The molecule has 1 aromatic rings. The third kappa shape index (κ3) is 4.24. The van der Waals surface area contributed by atoms with E-state index in [4.69, 9.17) is 4.74 Å². The number of Topliss-reactive ketones (excluding diaryl/α,β-unsaturated/α-hetero) is 2. The van der Waals surface area contributed by atoms with E-state index in [0.29, 0.717) is 12.2 Å². The Kier molecular flexibility index (Phi) is 7.54. The molecule has 3 rings (SSSR count). The molecule has 7 heteroatoms. The van der Waals surface area contributed by atoms with E-state index in [1.165, 1.54) is 45.6 Å². The highest BCUT2D eigenvalue weighted by atomic mass is 16.5. The molecule has 0 spiro atoms. The van der Waals surface area contributed by atoms with Gasteiger partial charge in [0, 0.05) is 23.9 Å². The van der Waals surface area contributed by atoms with Gasteiger partial charge in [-0.25, -0.2) is 0 Å². The van der Waals surface area contributed by atoms with Gasteiger partial charge in [-0.15, -0.1) is 0 Å². The zero-order valence-corrected chi connectivity index (χ0v) is 20.8. The number of aromatic hydroxyl groups is 2. The Labute approximate surface area is 200 Å². The zero-order valence-electron chi connectivity index (χ0n) is 20.8. The maximum absolute atomic E-state index is 13.7. The van der Waals surface area contributed by atoms with Gasteiger partial charge in [-0.1, -0.05) is 45.4 Å². The van der Waals surface area contributed by atoms with Crippen LogP contribution in [-0.4, -0.2) is 34.1 Å². The summed E-state index contributed by atoms with van der Waals surface area (Å²) in [5.74, 6) is -2.20. The number of unbranched alkanes of at least 4 members (excludes halogenated alkanes) is 6. The van der Waals surface area contributed by atoms with Crippen molar-refractivity contribution in [3.05, 3.63) is 39.8 Å². The van der Waals surface area contributed by atoms with E-state index >= 15 is 0 Å². The molecule has 0 fully saturated rings. The molecule has 34 heavy (non-hydrogen) atoms. The predicted octanol–water partition coefficient (Wildman–Crippen LogP) is 4.91. The maximum atomic E-state index is 13.7. The van der Waals surface area contributed by atoms with Gasteiger partial charge in [-0.05, 0) is 34.1 Å². The monoisotopic (exact) mass is 469 g/mol. The zero-order chi connectivity index (χ0) is 25.2. The van der Waals surface area contributed by atoms with Gasteiger partial charge in [0.25, 0.3) is 0 Å². The SMILES string of the molecule is CCCCCCCCCN/C(C)=C1\C(=O)C=C2Oc3c(C(C)=O)c(O)c(C)c(O)c3[C@@]2(C)C1=O. The predicted molar refractivity (Wildman–Crippen MR) is 129 cm³/mol. The molecule has 1 aliphatic heterocycles. The second kappa shape index (κ2) is 10.0. The number of fused-ring (bicyclic) bond motifs is 3. The average molecular weight is 470 g/mol. The topological polar surface area (TPSA) is 113 Å². The number of rotatable bonds is 10. The molecular formula is C27H35NO6. The number of phenolic OH excluding ortho intramolecular Hbond substituents is 2. The van der Waals surface area contributed by atoms with Crippen LogP contribution in [0.4, 0.5) is 0 Å². The number of hydrogen-bond donors (Lipinski definition) is 3. The first kappa shape index (κ1) is 25.5. The lowest BCUT2D eigenvalue weighted by atomic mass is 9.70. The number of carbonyl (C=O) groups is 3. The van der Waals surface area contributed by atoms with E-state index in [9.17, 15) is 24.6 Å². The van der Waals surface area contributed by atoms with Gasteiger partial charge in [0.05, 0.1) is 11.1 Å². The van der Waals surface area contributed by atoms with Crippen LogP contribution in [0.1, 0.15) is 94.1 Å². The Balaban J connectivity index is 1.89. The van der Waals surface area contributed by atoms with Crippen molar-refractivity contribution in [2.75, 3.05) is 6.54 Å². The number of ether oxygens (including phenoxy) is 1. The van der Waals surface area contributed by atoms with Crippen LogP contribution in [0.3, 0.4) is 0 Å². The lowest BCUT2D eigenvalue weighted by molar-refractivity contribution is -0.123. The van der Waals surface area contributed by atoms with Crippen molar-refractivity contribution < 1.29 is 29.3 Å². The number of benzene rings is 1. The largest absolute Gasteiger partial charge is 0.507 e. The number of nitrogens with one attached hydrogen (secondary N) is 1. The van der Waals surface area contributed by atoms with Crippen molar-refractivity contribution in [2.45, 2.75) is 85.0 Å². The number of allylic oxidation sites excluding steroid dienone is 4. The van der Waals surface area contributed by atoms with Crippen LogP contribution in [0.2, 0.25) is 0 Å². The van der Waals surface area contributed by atoms with E-state index < -0.39 is 28.5 Å². The molecule has 7 nitrogen and oxygen atoms in total. The highest BCUT2D eigenvalue weighted by Crippen LogP contribution is 2.57. The summed E-state index contributed by atoms with van der Waals surface area (Å²) >= 11 is 0. The summed E-state index contributed by atoms with van der Waals surface area (Å²) in [6, 6.07) is 0. The minimum atomic E-state index is -1.48. The van der Waals surface area contributed by atoms with Gasteiger partial charge in [-0.3, -0.25) is 14.4 Å². The lowest BCUT2D eigenvalue weighted by Gasteiger charge is -2.29. The summed E-state index contributed by atoms with van der Waals surface area (Å²) in [5.41, 5.74) is -0.907. The molecule has 1 heterocycles. The van der Waals surface area contributed by atoms with Crippen molar-refractivity contribution in [1.82, 2.24) is 5.32 Å². The first-order chi connectivity index (χ1) is 16.1. The summed E-state index contributed by atoms with van der Waals surface area (Å²) in [4.78, 5) is 38.9. The first-order valence-electron chi connectivity index (χ1n) is 12.1. The van der Waals surface area contributed by atoms with Crippen LogP contribution in [-0.2, 0) is 15.0 Å². The van der Waals surface area contributed by atoms with Crippen LogP contribution < -0.4 is 10.1 Å². The van der Waals surface area contributed by atoms with E-state index in [1.54, 1.807) is 13.8 Å². The van der Waals surface area contributed by atoms with Gasteiger partial charge < -0.3 is 20.3 Å². The molecule has 0 saturated heterocycles. The molecule has 3 N–H and O–H groups in total. The molecule has 0 aromatic heterocycles. The Morgan fingerprint density at radius 1 is 1.03 bits per heavy atom. The van der Waals surface area contributed by atoms with Crippen LogP contribution in [0.5, 0.6) is 17.2 Å². The van der Waals surface area contributed by atoms with E-state index in [-0.39, 0.29) is 39.5 Å². The van der Waals surface area contributed by atoms with Crippen LogP contribution in [0.15, 0.2) is 23.1 Å². The van der Waals surface area contributed by atoms with Gasteiger partial charge in [0.1, 0.15) is 34.0 Å². The molecule has 0 amide bonds. The Morgan fingerprint density at radius 2 is 1.65 bits per heavy atom. The molecule has 0 radical (unpaired) electrons. The van der Waals surface area contributed by atoms with E-state index in [0.717, 1.165) is 19.3 Å². The smallest absolute Gasteiger partial charge is 0.194 e. The van der Waals surface area contributed by atoms with Gasteiger partial charge in [-0.2, -0.15) is 0 Å². The van der Waals surface area contributed by atoms with Crippen molar-refractivity contribution in [2.24, 2.45) is 0 Å². The molecule has 0 bridgehead atoms. The Hall–Kier alpha value is -3.09. The first-order valence-corrected chi connectivity index (χ1v) is 12.1.